The number of ether oxygens (including phenoxy) is 3. The molecular weight excluding hydrogens is 713 g/mol. The number of aromatic hydroxyl groups is 1. The summed E-state index contributed by atoms with van der Waals surface area (Å²) in [6, 6.07) is 58.7. The second-order valence-corrected chi connectivity index (χ2v) is 17.1. The van der Waals surface area contributed by atoms with Gasteiger partial charge in [-0.1, -0.05) is 157 Å². The molecule has 0 saturated heterocycles. The Labute approximate surface area is 344 Å². The van der Waals surface area contributed by atoms with E-state index >= 15 is 0 Å². The minimum atomic E-state index is -0.416. The monoisotopic (exact) mass is 766 g/mol. The smallest absolute Gasteiger partial charge is 0.131 e. The molecular formula is C54H54O4. The number of rotatable bonds is 15. The van der Waals surface area contributed by atoms with Crippen LogP contribution in [0, 0.1) is 0 Å². The topological polar surface area (TPSA) is 47.9 Å². The van der Waals surface area contributed by atoms with Gasteiger partial charge in [0, 0.05) is 16.7 Å². The number of para-hydroxylation sites is 6. The molecule has 0 fully saturated rings. The first-order chi connectivity index (χ1) is 27.9. The first kappa shape index (κ1) is 40.0. The van der Waals surface area contributed by atoms with Gasteiger partial charge in [-0.3, -0.25) is 0 Å². The van der Waals surface area contributed by atoms with E-state index in [1.807, 2.05) is 127 Å². The first-order valence-corrected chi connectivity index (χ1v) is 20.2. The van der Waals surface area contributed by atoms with E-state index in [9.17, 15) is 5.11 Å². The zero-order valence-corrected chi connectivity index (χ0v) is 34.5. The minimum absolute atomic E-state index is 0.295. The summed E-state index contributed by atoms with van der Waals surface area (Å²) < 4.78 is 19.5. The average Bonchev–Trinajstić information content (AvgIpc) is 3.22. The van der Waals surface area contributed by atoms with E-state index in [0.717, 1.165) is 68.7 Å². The highest BCUT2D eigenvalue weighted by molar-refractivity contribution is 5.53. The van der Waals surface area contributed by atoms with Crippen molar-refractivity contribution in [2.24, 2.45) is 0 Å². The summed E-state index contributed by atoms with van der Waals surface area (Å²) in [6.45, 7) is 13.6. The number of hydrogen-bond acceptors (Lipinski definition) is 4. The SMILES string of the molecule is CC(C)(Cc1ccc(O)c(CC(C)(C)c2ccccc2Oc2ccccc2)c1CC(C)(C)c1ccccc1Oc1ccccc1)c1ccccc1Oc1ccccc1. The van der Waals surface area contributed by atoms with Gasteiger partial charge < -0.3 is 19.3 Å². The van der Waals surface area contributed by atoms with Gasteiger partial charge in [-0.25, -0.2) is 0 Å². The molecule has 0 unspecified atom stereocenters. The van der Waals surface area contributed by atoms with Gasteiger partial charge in [0.1, 0.15) is 40.2 Å². The summed E-state index contributed by atoms with van der Waals surface area (Å²) in [5, 5.41) is 12.0. The van der Waals surface area contributed by atoms with Crippen LogP contribution in [-0.2, 0) is 35.5 Å². The molecule has 0 aliphatic heterocycles. The second-order valence-electron chi connectivity index (χ2n) is 17.1. The fourth-order valence-electron chi connectivity index (χ4n) is 8.15. The second kappa shape index (κ2) is 17.1. The molecule has 58 heavy (non-hydrogen) atoms. The normalized spacial score (nSPS) is 11.9. The van der Waals surface area contributed by atoms with Crippen molar-refractivity contribution in [1.82, 2.24) is 0 Å². The molecule has 0 aliphatic rings. The molecule has 0 aliphatic carbocycles. The van der Waals surface area contributed by atoms with Gasteiger partial charge in [0.25, 0.3) is 0 Å². The molecule has 0 spiro atoms. The van der Waals surface area contributed by atoms with Crippen LogP contribution in [0.2, 0.25) is 0 Å². The Balaban J connectivity index is 1.31. The van der Waals surface area contributed by atoms with Crippen LogP contribution in [0.15, 0.2) is 176 Å². The maximum atomic E-state index is 12.0. The lowest BCUT2D eigenvalue weighted by Crippen LogP contribution is -2.28. The Morgan fingerprint density at radius 1 is 0.345 bits per heavy atom. The van der Waals surface area contributed by atoms with Crippen LogP contribution in [0.4, 0.5) is 0 Å². The third-order valence-electron chi connectivity index (χ3n) is 11.1. The van der Waals surface area contributed by atoms with Crippen molar-refractivity contribution in [1.29, 1.82) is 0 Å². The van der Waals surface area contributed by atoms with Crippen molar-refractivity contribution < 1.29 is 19.3 Å². The average molecular weight is 767 g/mol. The number of hydrogen-bond donors (Lipinski definition) is 1. The summed E-state index contributed by atoms with van der Waals surface area (Å²) >= 11 is 0. The summed E-state index contributed by atoms with van der Waals surface area (Å²) in [5.74, 6) is 5.14. The molecule has 294 valence electrons. The van der Waals surface area contributed by atoms with Crippen LogP contribution in [0.3, 0.4) is 0 Å². The molecule has 4 nitrogen and oxygen atoms in total. The molecule has 4 heteroatoms. The molecule has 0 heterocycles. The highest BCUT2D eigenvalue weighted by Gasteiger charge is 2.34. The van der Waals surface area contributed by atoms with E-state index < -0.39 is 5.41 Å². The molecule has 0 aromatic heterocycles. The molecule has 0 radical (unpaired) electrons. The summed E-state index contributed by atoms with van der Waals surface area (Å²) in [7, 11) is 0. The largest absolute Gasteiger partial charge is 0.508 e. The van der Waals surface area contributed by atoms with Crippen molar-refractivity contribution >= 4 is 0 Å². The maximum absolute atomic E-state index is 12.0. The van der Waals surface area contributed by atoms with Crippen molar-refractivity contribution in [3.05, 3.63) is 209 Å². The van der Waals surface area contributed by atoms with Crippen LogP contribution < -0.4 is 14.2 Å². The van der Waals surface area contributed by atoms with Gasteiger partial charge in [0.05, 0.1) is 0 Å². The predicted octanol–water partition coefficient (Wildman–Crippen LogP) is 14.3. The fraction of sp³-hybridized carbons (Fsp3) is 0.222. The standard InChI is InChI=1S/C54H54O4/c1-52(2,45-28-16-19-31-49(45)56-40-22-10-7-11-23-40)36-39-34-35-48(55)44(38-54(5,6)47-30-18-21-33-51(47)58-42-26-14-9-15-27-42)43(39)37-53(3,4)46-29-17-20-32-50(46)57-41-24-12-8-13-25-41/h7-35,55H,36-38H2,1-6H3. The number of benzene rings is 7. The van der Waals surface area contributed by atoms with Crippen molar-refractivity contribution in [3.8, 4) is 40.2 Å². The predicted molar refractivity (Wildman–Crippen MR) is 237 cm³/mol. The van der Waals surface area contributed by atoms with E-state index in [4.69, 9.17) is 14.2 Å². The summed E-state index contributed by atoms with van der Waals surface area (Å²) in [4.78, 5) is 0. The Morgan fingerprint density at radius 3 is 1.03 bits per heavy atom. The van der Waals surface area contributed by atoms with Gasteiger partial charge in [-0.05, 0) is 113 Å². The highest BCUT2D eigenvalue weighted by Crippen LogP contribution is 2.45. The fourth-order valence-corrected chi connectivity index (χ4v) is 8.15. The minimum Gasteiger partial charge on any atom is -0.508 e. The third kappa shape index (κ3) is 9.30. The zero-order valence-electron chi connectivity index (χ0n) is 34.5. The van der Waals surface area contributed by atoms with E-state index in [2.05, 4.69) is 90.1 Å². The van der Waals surface area contributed by atoms with Crippen LogP contribution in [0.25, 0.3) is 0 Å². The molecule has 7 aromatic carbocycles. The van der Waals surface area contributed by atoms with Gasteiger partial charge in [-0.15, -0.1) is 0 Å². The van der Waals surface area contributed by atoms with E-state index in [0.29, 0.717) is 18.6 Å². The molecule has 7 rings (SSSR count). The lowest BCUT2D eigenvalue weighted by atomic mass is 9.70. The molecule has 1 N–H and O–H groups in total. The highest BCUT2D eigenvalue weighted by atomic mass is 16.5. The number of phenols is 1. The van der Waals surface area contributed by atoms with Gasteiger partial charge in [0.15, 0.2) is 0 Å². The van der Waals surface area contributed by atoms with Crippen molar-refractivity contribution in [3.63, 3.8) is 0 Å². The first-order valence-electron chi connectivity index (χ1n) is 20.2. The molecule has 7 aromatic rings. The zero-order chi connectivity index (χ0) is 40.8. The maximum Gasteiger partial charge on any atom is 0.131 e. The quantitative estimate of drug-likeness (QED) is 0.113. The lowest BCUT2D eigenvalue weighted by Gasteiger charge is -2.34. The molecule has 0 saturated carbocycles. The molecule has 0 amide bonds. The van der Waals surface area contributed by atoms with Crippen LogP contribution in [0.5, 0.6) is 40.2 Å². The van der Waals surface area contributed by atoms with Crippen molar-refractivity contribution in [2.45, 2.75) is 77.0 Å². The summed E-state index contributed by atoms with van der Waals surface area (Å²) in [6.07, 6.45) is 1.97. The number of phenolic OH excluding ortho intramolecular Hbond substituents is 1. The van der Waals surface area contributed by atoms with E-state index in [1.54, 1.807) is 0 Å². The Kier molecular flexibility index (Phi) is 11.8. The van der Waals surface area contributed by atoms with E-state index in [1.165, 1.54) is 5.56 Å². The van der Waals surface area contributed by atoms with Crippen LogP contribution >= 0.6 is 0 Å². The lowest BCUT2D eigenvalue weighted by molar-refractivity contribution is 0.417. The van der Waals surface area contributed by atoms with Crippen LogP contribution in [0.1, 0.15) is 74.9 Å². The van der Waals surface area contributed by atoms with Crippen LogP contribution in [-0.4, -0.2) is 5.11 Å². The molecule has 0 atom stereocenters. The van der Waals surface area contributed by atoms with Gasteiger partial charge >= 0.3 is 0 Å². The Morgan fingerprint density at radius 2 is 0.655 bits per heavy atom. The van der Waals surface area contributed by atoms with E-state index in [-0.39, 0.29) is 10.8 Å². The Bertz CT molecular complexity index is 2430. The Hall–Kier alpha value is -6.26. The molecule has 0 bridgehead atoms. The van der Waals surface area contributed by atoms with Crippen molar-refractivity contribution in [2.75, 3.05) is 0 Å². The summed E-state index contributed by atoms with van der Waals surface area (Å²) in [5.41, 5.74) is 5.42. The third-order valence-corrected chi connectivity index (χ3v) is 11.1. The van der Waals surface area contributed by atoms with Gasteiger partial charge in [0.2, 0.25) is 0 Å². The van der Waals surface area contributed by atoms with Gasteiger partial charge in [-0.2, -0.15) is 0 Å².